The lowest BCUT2D eigenvalue weighted by Crippen LogP contribution is -2.45. The number of carbonyl (C=O) groups excluding carboxylic acids is 1. The van der Waals surface area contributed by atoms with Gasteiger partial charge in [0, 0.05) is 6.42 Å². The molecule has 1 amide bonds. The highest BCUT2D eigenvalue weighted by Gasteiger charge is 2.27. The molecule has 0 aromatic rings. The van der Waals surface area contributed by atoms with Crippen LogP contribution in [-0.4, -0.2) is 73.4 Å². The SMILES string of the molecule is CC/C=C/CC/C=C/CC/C=C/C(O)C(COP(=O)(O)OCC[N+](C)(C)C)NC(=O)CCCCCCCCCCCCCCCCCCCCCCCCCCCCCCCCCCCCCC. The fourth-order valence-electron chi connectivity index (χ4n) is 8.79. The molecule has 0 radical (unpaired) electrons. The number of amides is 1. The van der Waals surface area contributed by atoms with Crippen molar-refractivity contribution < 1.29 is 32.9 Å². The molecule has 0 aliphatic heterocycles. The lowest BCUT2D eigenvalue weighted by atomic mass is 10.0. The van der Waals surface area contributed by atoms with E-state index in [1.165, 1.54) is 212 Å². The van der Waals surface area contributed by atoms with Crippen molar-refractivity contribution in [1.82, 2.24) is 5.32 Å². The molecule has 0 aliphatic rings. The molecule has 3 atom stereocenters. The molecule has 8 nitrogen and oxygen atoms in total. The normalized spacial score (nSPS) is 14.2. The highest BCUT2D eigenvalue weighted by molar-refractivity contribution is 7.47. The van der Waals surface area contributed by atoms with E-state index in [0.717, 1.165) is 51.4 Å². The first kappa shape index (κ1) is 66.7. The van der Waals surface area contributed by atoms with Crippen LogP contribution >= 0.6 is 7.82 Å². The summed E-state index contributed by atoms with van der Waals surface area (Å²) in [5.74, 6) is -0.189. The molecule has 402 valence electrons. The van der Waals surface area contributed by atoms with Gasteiger partial charge in [-0.05, 0) is 38.5 Å². The number of phosphoric ester groups is 1. The fourth-order valence-corrected chi connectivity index (χ4v) is 9.53. The number of likely N-dealkylation sites (N-methyl/N-ethyl adjacent to an activating group) is 1. The zero-order valence-corrected chi connectivity index (χ0v) is 46.8. The van der Waals surface area contributed by atoms with Gasteiger partial charge < -0.3 is 19.8 Å². The Labute approximate surface area is 423 Å². The van der Waals surface area contributed by atoms with Gasteiger partial charge in [0.1, 0.15) is 13.2 Å². The number of nitrogens with zero attached hydrogens (tertiary/aromatic N) is 1. The Hall–Kier alpha value is -1.28. The Morgan fingerprint density at radius 1 is 0.500 bits per heavy atom. The van der Waals surface area contributed by atoms with Gasteiger partial charge in [-0.25, -0.2) is 4.57 Å². The number of carbonyl (C=O) groups is 1. The molecule has 0 aromatic heterocycles. The minimum Gasteiger partial charge on any atom is -0.387 e. The standard InChI is InChI=1S/C59H115N2O6P/c1-6-8-10-12-14-16-18-19-20-21-22-23-24-25-26-27-28-29-30-31-32-33-34-35-36-37-38-39-40-41-42-43-45-47-49-51-53-59(63)60-57(56-67-68(64,65)66-55-54-61(3,4)5)58(62)52-50-48-46-44-17-15-13-11-9-7-2/h9,11,17,44,50,52,57-58,62H,6-8,10,12-16,18-43,45-49,51,53-56H2,1-5H3,(H-,60,63,64,65)/p+1/b11-9+,44-17+,52-50+. The minimum atomic E-state index is -4.35. The third-order valence-corrected chi connectivity index (χ3v) is 14.3. The Kier molecular flexibility index (Phi) is 49.7. The van der Waals surface area contributed by atoms with Crippen molar-refractivity contribution in [3.63, 3.8) is 0 Å². The van der Waals surface area contributed by atoms with Gasteiger partial charge in [-0.1, -0.05) is 275 Å². The van der Waals surface area contributed by atoms with Crippen molar-refractivity contribution >= 4 is 13.7 Å². The van der Waals surface area contributed by atoms with Crippen LogP contribution in [0.3, 0.4) is 0 Å². The topological polar surface area (TPSA) is 105 Å². The predicted molar refractivity (Wildman–Crippen MR) is 295 cm³/mol. The van der Waals surface area contributed by atoms with E-state index in [9.17, 15) is 19.4 Å². The molecule has 0 bridgehead atoms. The lowest BCUT2D eigenvalue weighted by molar-refractivity contribution is -0.870. The molecule has 0 heterocycles. The highest BCUT2D eigenvalue weighted by Crippen LogP contribution is 2.43. The van der Waals surface area contributed by atoms with E-state index >= 15 is 0 Å². The first-order chi connectivity index (χ1) is 33.0. The molecule has 0 spiro atoms. The van der Waals surface area contributed by atoms with Gasteiger partial charge in [0.25, 0.3) is 0 Å². The third-order valence-electron chi connectivity index (χ3n) is 13.4. The molecule has 0 saturated heterocycles. The minimum absolute atomic E-state index is 0.0545. The van der Waals surface area contributed by atoms with Gasteiger partial charge in [-0.3, -0.25) is 13.8 Å². The Morgan fingerprint density at radius 3 is 1.16 bits per heavy atom. The van der Waals surface area contributed by atoms with E-state index in [1.54, 1.807) is 6.08 Å². The van der Waals surface area contributed by atoms with Crippen LogP contribution in [-0.2, 0) is 18.4 Å². The van der Waals surface area contributed by atoms with Gasteiger partial charge in [-0.2, -0.15) is 0 Å². The van der Waals surface area contributed by atoms with E-state index in [2.05, 4.69) is 43.5 Å². The average molecular weight is 981 g/mol. The van der Waals surface area contributed by atoms with Gasteiger partial charge in [0.15, 0.2) is 0 Å². The molecule has 0 saturated carbocycles. The van der Waals surface area contributed by atoms with E-state index in [-0.39, 0.29) is 19.1 Å². The number of aliphatic hydroxyl groups is 1. The van der Waals surface area contributed by atoms with Crippen LogP contribution < -0.4 is 5.32 Å². The highest BCUT2D eigenvalue weighted by atomic mass is 31.2. The van der Waals surface area contributed by atoms with Crippen LogP contribution in [0.1, 0.15) is 284 Å². The lowest BCUT2D eigenvalue weighted by Gasteiger charge is -2.25. The zero-order chi connectivity index (χ0) is 49.9. The maximum atomic E-state index is 12.9. The predicted octanol–water partition coefficient (Wildman–Crippen LogP) is 17.8. The van der Waals surface area contributed by atoms with E-state index in [1.807, 2.05) is 27.2 Å². The fraction of sp³-hybridized carbons (Fsp3) is 0.881. The molecule has 0 aromatic carbocycles. The first-order valence-corrected chi connectivity index (χ1v) is 30.9. The van der Waals surface area contributed by atoms with Crippen molar-refractivity contribution in [1.29, 1.82) is 0 Å². The van der Waals surface area contributed by atoms with Crippen LogP contribution in [0.15, 0.2) is 36.5 Å². The van der Waals surface area contributed by atoms with E-state index in [0.29, 0.717) is 17.4 Å². The van der Waals surface area contributed by atoms with Crippen LogP contribution in [0, 0.1) is 0 Å². The third kappa shape index (κ3) is 52.5. The van der Waals surface area contributed by atoms with E-state index in [4.69, 9.17) is 9.05 Å². The second-order valence-corrected chi connectivity index (χ2v) is 22.8. The summed E-state index contributed by atoms with van der Waals surface area (Å²) in [4.78, 5) is 23.2. The second-order valence-electron chi connectivity index (χ2n) is 21.3. The van der Waals surface area contributed by atoms with Crippen molar-refractivity contribution in [3.05, 3.63) is 36.5 Å². The number of hydrogen-bond acceptors (Lipinski definition) is 5. The number of nitrogens with one attached hydrogen (secondary N) is 1. The quantitative estimate of drug-likeness (QED) is 0.0243. The van der Waals surface area contributed by atoms with Gasteiger partial charge in [-0.15, -0.1) is 0 Å². The summed E-state index contributed by atoms with van der Waals surface area (Å²) in [5, 5.41) is 13.8. The molecule has 3 N–H and O–H groups in total. The monoisotopic (exact) mass is 980 g/mol. The molecular weight excluding hydrogens is 864 g/mol. The number of unbranched alkanes of at least 4 members (excludes halogenated alkanes) is 37. The maximum Gasteiger partial charge on any atom is 0.472 e. The molecule has 3 unspecified atom stereocenters. The van der Waals surface area contributed by atoms with Crippen molar-refractivity contribution in [2.45, 2.75) is 296 Å². The van der Waals surface area contributed by atoms with Crippen LogP contribution in [0.5, 0.6) is 0 Å². The molecule has 0 aliphatic carbocycles. The Bertz CT molecular complexity index is 1200. The smallest absolute Gasteiger partial charge is 0.387 e. The summed E-state index contributed by atoms with van der Waals surface area (Å²) in [6.45, 7) is 4.69. The van der Waals surface area contributed by atoms with Crippen LogP contribution in [0.4, 0.5) is 0 Å². The van der Waals surface area contributed by atoms with E-state index < -0.39 is 20.0 Å². The number of aliphatic hydroxyl groups excluding tert-OH is 1. The first-order valence-electron chi connectivity index (χ1n) is 29.4. The molecule has 68 heavy (non-hydrogen) atoms. The summed E-state index contributed by atoms with van der Waals surface area (Å²) in [6.07, 6.45) is 65.9. The molecule has 9 heteroatoms. The largest absolute Gasteiger partial charge is 0.472 e. The Balaban J connectivity index is 3.84. The summed E-state index contributed by atoms with van der Waals surface area (Å²) in [7, 11) is 1.55. The average Bonchev–Trinajstić information content (AvgIpc) is 3.30. The number of quaternary nitrogens is 1. The van der Waals surface area contributed by atoms with Crippen molar-refractivity contribution in [3.8, 4) is 0 Å². The Morgan fingerprint density at radius 2 is 0.824 bits per heavy atom. The van der Waals surface area contributed by atoms with Gasteiger partial charge >= 0.3 is 7.82 Å². The second kappa shape index (κ2) is 50.7. The molecule has 0 fully saturated rings. The number of phosphoric acid groups is 1. The zero-order valence-electron chi connectivity index (χ0n) is 45.9. The van der Waals surface area contributed by atoms with Gasteiger partial charge in [0.05, 0.1) is 39.9 Å². The summed E-state index contributed by atoms with van der Waals surface area (Å²) in [6, 6.07) is -0.866. The molecule has 0 rings (SSSR count). The maximum absolute atomic E-state index is 12.9. The van der Waals surface area contributed by atoms with Crippen LogP contribution in [0.25, 0.3) is 0 Å². The number of rotatable bonds is 54. The summed E-state index contributed by atoms with van der Waals surface area (Å²) >= 11 is 0. The molecular formula is C59H116N2O6P+. The van der Waals surface area contributed by atoms with Crippen molar-refractivity contribution in [2.75, 3.05) is 40.9 Å². The number of hydrogen-bond donors (Lipinski definition) is 3. The summed E-state index contributed by atoms with van der Waals surface area (Å²) in [5.41, 5.74) is 0. The number of allylic oxidation sites excluding steroid dienone is 5. The summed E-state index contributed by atoms with van der Waals surface area (Å²) < 4.78 is 23.6. The van der Waals surface area contributed by atoms with Crippen LogP contribution in [0.2, 0.25) is 0 Å². The van der Waals surface area contributed by atoms with Gasteiger partial charge in [0.2, 0.25) is 5.91 Å². The van der Waals surface area contributed by atoms with Crippen molar-refractivity contribution in [2.24, 2.45) is 0 Å².